The van der Waals surface area contributed by atoms with E-state index in [-0.39, 0.29) is 16.7 Å². The summed E-state index contributed by atoms with van der Waals surface area (Å²) in [4.78, 5) is 12.4. The fourth-order valence-electron chi connectivity index (χ4n) is 1.93. The van der Waals surface area contributed by atoms with E-state index < -0.39 is 17.4 Å². The molecule has 0 saturated carbocycles. The van der Waals surface area contributed by atoms with Crippen molar-refractivity contribution in [3.05, 3.63) is 58.7 Å². The third kappa shape index (κ3) is 3.02. The summed E-state index contributed by atoms with van der Waals surface area (Å²) in [5.74, 6) is -1.32. The number of ether oxygens (including phenoxy) is 2. The minimum atomic E-state index is -0.898. The van der Waals surface area contributed by atoms with Gasteiger partial charge < -0.3 is 9.47 Å². The highest BCUT2D eigenvalue weighted by atomic mass is 19.1. The van der Waals surface area contributed by atoms with E-state index >= 15 is 0 Å². The molecule has 0 aliphatic rings. The van der Waals surface area contributed by atoms with Crippen molar-refractivity contribution in [2.45, 2.75) is 6.92 Å². The van der Waals surface area contributed by atoms with E-state index in [0.717, 1.165) is 0 Å². The number of rotatable bonds is 4. The smallest absolute Gasteiger partial charge is 0.196 e. The van der Waals surface area contributed by atoms with Gasteiger partial charge in [-0.1, -0.05) is 0 Å². The lowest BCUT2D eigenvalue weighted by Gasteiger charge is -2.09. The molecule has 0 unspecified atom stereocenters. The maximum atomic E-state index is 13.8. The third-order valence-electron chi connectivity index (χ3n) is 3.11. The average molecular weight is 292 g/mol. The van der Waals surface area contributed by atoms with Gasteiger partial charge in [0.15, 0.2) is 5.78 Å². The van der Waals surface area contributed by atoms with Gasteiger partial charge in [0.05, 0.1) is 19.8 Å². The monoisotopic (exact) mass is 292 g/mol. The molecular weight excluding hydrogens is 278 g/mol. The molecule has 0 spiro atoms. The van der Waals surface area contributed by atoms with Gasteiger partial charge in [-0.3, -0.25) is 4.79 Å². The molecule has 0 aromatic heterocycles. The topological polar surface area (TPSA) is 35.5 Å². The molecule has 0 atom stereocenters. The molecule has 0 aliphatic heterocycles. The Hall–Kier alpha value is -2.43. The lowest BCUT2D eigenvalue weighted by Crippen LogP contribution is -2.06. The van der Waals surface area contributed by atoms with Crippen LogP contribution in [0.4, 0.5) is 8.78 Å². The number of methoxy groups -OCH3 is 2. The van der Waals surface area contributed by atoms with Crippen LogP contribution in [0.25, 0.3) is 0 Å². The molecule has 0 amide bonds. The lowest BCUT2D eigenvalue weighted by molar-refractivity contribution is 0.103. The summed E-state index contributed by atoms with van der Waals surface area (Å²) in [6.45, 7) is 1.47. The van der Waals surface area contributed by atoms with Crippen LogP contribution in [-0.4, -0.2) is 20.0 Å². The maximum absolute atomic E-state index is 13.8. The fraction of sp³-hybridized carbons (Fsp3) is 0.188. The van der Waals surface area contributed by atoms with Gasteiger partial charge in [-0.15, -0.1) is 0 Å². The Kier molecular flexibility index (Phi) is 4.21. The highest BCUT2D eigenvalue weighted by molar-refractivity contribution is 6.09. The summed E-state index contributed by atoms with van der Waals surface area (Å²) in [7, 11) is 2.90. The SMILES string of the molecule is COc1cc(OC)cc(C(=O)c2cc(C)c(F)cc2F)c1. The maximum Gasteiger partial charge on any atom is 0.196 e. The predicted octanol–water partition coefficient (Wildman–Crippen LogP) is 3.52. The van der Waals surface area contributed by atoms with Crippen LogP contribution in [0.5, 0.6) is 11.5 Å². The van der Waals surface area contributed by atoms with Crippen LogP contribution >= 0.6 is 0 Å². The minimum Gasteiger partial charge on any atom is -0.497 e. The zero-order valence-corrected chi connectivity index (χ0v) is 11.9. The van der Waals surface area contributed by atoms with Crippen molar-refractivity contribution < 1.29 is 23.0 Å². The number of carbonyl (C=O) groups excluding carboxylic acids is 1. The first-order valence-corrected chi connectivity index (χ1v) is 6.19. The Balaban J connectivity index is 2.52. The highest BCUT2D eigenvalue weighted by Gasteiger charge is 2.18. The summed E-state index contributed by atoms with van der Waals surface area (Å²) < 4.78 is 37.2. The molecule has 0 bridgehead atoms. The molecule has 0 fully saturated rings. The lowest BCUT2D eigenvalue weighted by atomic mass is 10.0. The van der Waals surface area contributed by atoms with Gasteiger partial charge in [0, 0.05) is 17.7 Å². The molecule has 2 aromatic rings. The van der Waals surface area contributed by atoms with Crippen LogP contribution in [0.2, 0.25) is 0 Å². The van der Waals surface area contributed by atoms with E-state index in [1.807, 2.05) is 0 Å². The van der Waals surface area contributed by atoms with Crippen molar-refractivity contribution >= 4 is 5.78 Å². The zero-order chi connectivity index (χ0) is 15.6. The molecule has 0 aliphatic carbocycles. The second-order valence-corrected chi connectivity index (χ2v) is 4.51. The molecule has 5 heteroatoms. The number of halogens is 2. The molecular formula is C16H14F2O3. The van der Waals surface area contributed by atoms with Gasteiger partial charge >= 0.3 is 0 Å². The molecule has 0 heterocycles. The van der Waals surface area contributed by atoms with Crippen molar-refractivity contribution in [1.82, 2.24) is 0 Å². The van der Waals surface area contributed by atoms with Gasteiger partial charge in [-0.2, -0.15) is 0 Å². The zero-order valence-electron chi connectivity index (χ0n) is 11.9. The number of benzene rings is 2. The van der Waals surface area contributed by atoms with Gasteiger partial charge in [-0.05, 0) is 30.7 Å². The Morgan fingerprint density at radius 2 is 1.48 bits per heavy atom. The van der Waals surface area contributed by atoms with Gasteiger partial charge in [-0.25, -0.2) is 8.78 Å². The molecule has 0 N–H and O–H groups in total. The number of ketones is 1. The van der Waals surface area contributed by atoms with Crippen LogP contribution in [0.3, 0.4) is 0 Å². The quantitative estimate of drug-likeness (QED) is 0.809. The third-order valence-corrected chi connectivity index (χ3v) is 3.11. The first-order valence-electron chi connectivity index (χ1n) is 6.19. The standard InChI is InChI=1S/C16H14F2O3/c1-9-4-13(15(18)8-14(9)17)16(19)10-5-11(20-2)7-12(6-10)21-3/h4-8H,1-3H3. The van der Waals surface area contributed by atoms with E-state index in [1.54, 1.807) is 6.07 Å². The highest BCUT2D eigenvalue weighted by Crippen LogP contribution is 2.25. The van der Waals surface area contributed by atoms with E-state index in [0.29, 0.717) is 17.6 Å². The van der Waals surface area contributed by atoms with E-state index in [9.17, 15) is 13.6 Å². The van der Waals surface area contributed by atoms with Gasteiger partial charge in [0.1, 0.15) is 23.1 Å². The molecule has 110 valence electrons. The average Bonchev–Trinajstić information content (AvgIpc) is 2.49. The van der Waals surface area contributed by atoms with Crippen molar-refractivity contribution in [2.75, 3.05) is 14.2 Å². The van der Waals surface area contributed by atoms with Crippen molar-refractivity contribution in [2.24, 2.45) is 0 Å². The summed E-state index contributed by atoms with van der Waals surface area (Å²) in [5, 5.41) is 0. The van der Waals surface area contributed by atoms with Crippen LogP contribution in [-0.2, 0) is 0 Å². The van der Waals surface area contributed by atoms with Crippen LogP contribution in [0.1, 0.15) is 21.5 Å². The molecule has 2 rings (SSSR count). The van der Waals surface area contributed by atoms with Gasteiger partial charge in [0.2, 0.25) is 0 Å². The Morgan fingerprint density at radius 1 is 0.905 bits per heavy atom. The van der Waals surface area contributed by atoms with Crippen molar-refractivity contribution in [3.8, 4) is 11.5 Å². The predicted molar refractivity (Wildman–Crippen MR) is 74.1 cm³/mol. The van der Waals surface area contributed by atoms with E-state index in [2.05, 4.69) is 0 Å². The normalized spacial score (nSPS) is 10.3. The largest absolute Gasteiger partial charge is 0.497 e. The number of hydrogen-bond donors (Lipinski definition) is 0. The molecule has 0 radical (unpaired) electrons. The fourth-order valence-corrected chi connectivity index (χ4v) is 1.93. The van der Waals surface area contributed by atoms with Crippen LogP contribution in [0, 0.1) is 18.6 Å². The number of carbonyl (C=O) groups is 1. The number of hydrogen-bond acceptors (Lipinski definition) is 3. The second kappa shape index (κ2) is 5.91. The first-order chi connectivity index (χ1) is 9.96. The molecule has 21 heavy (non-hydrogen) atoms. The Morgan fingerprint density at radius 3 is 2.00 bits per heavy atom. The second-order valence-electron chi connectivity index (χ2n) is 4.51. The van der Waals surface area contributed by atoms with Crippen molar-refractivity contribution in [3.63, 3.8) is 0 Å². The summed E-state index contributed by atoms with van der Waals surface area (Å²) >= 11 is 0. The van der Waals surface area contributed by atoms with Crippen LogP contribution < -0.4 is 9.47 Å². The van der Waals surface area contributed by atoms with Crippen LogP contribution in [0.15, 0.2) is 30.3 Å². The molecule has 0 saturated heterocycles. The van der Waals surface area contributed by atoms with E-state index in [1.165, 1.54) is 39.3 Å². The first kappa shape index (κ1) is 15.0. The Bertz CT molecular complexity index is 674. The summed E-state index contributed by atoms with van der Waals surface area (Å²) in [6, 6.07) is 6.45. The van der Waals surface area contributed by atoms with Crippen molar-refractivity contribution in [1.29, 1.82) is 0 Å². The summed E-state index contributed by atoms with van der Waals surface area (Å²) in [6.07, 6.45) is 0. The van der Waals surface area contributed by atoms with Gasteiger partial charge in [0.25, 0.3) is 0 Å². The Labute approximate surface area is 121 Å². The molecule has 3 nitrogen and oxygen atoms in total. The van der Waals surface area contributed by atoms with E-state index in [4.69, 9.17) is 9.47 Å². The minimum absolute atomic E-state index is 0.191. The number of aryl methyl sites for hydroxylation is 1. The summed E-state index contributed by atoms with van der Waals surface area (Å²) in [5.41, 5.74) is 0.218. The molecule has 2 aromatic carbocycles.